The molecule has 0 amide bonds. The van der Waals surface area contributed by atoms with Crippen molar-refractivity contribution >= 4 is 29.9 Å². The third kappa shape index (κ3) is 4.14. The van der Waals surface area contributed by atoms with Crippen molar-refractivity contribution in [3.8, 4) is 0 Å². The predicted octanol–water partition coefficient (Wildman–Crippen LogP) is 0.743. The van der Waals surface area contributed by atoms with Crippen molar-refractivity contribution in [3.05, 3.63) is 12.2 Å². The molecule has 0 spiro atoms. The minimum absolute atomic E-state index is 0. The zero-order chi connectivity index (χ0) is 11.4. The third-order valence-corrected chi connectivity index (χ3v) is 2.55. The largest absolute Gasteiger partial charge is 0.354 e. The lowest BCUT2D eigenvalue weighted by atomic mass is 10.5. The minimum Gasteiger partial charge on any atom is -0.354 e. The smallest absolute Gasteiger partial charge is 0.191 e. The number of halogens is 1. The van der Waals surface area contributed by atoms with E-state index in [9.17, 15) is 0 Å². The number of hydrogen-bond acceptors (Lipinski definition) is 3. The average molecular weight is 350 g/mol. The fraction of sp³-hybridized carbons (Fsp3) is 0.700. The number of aliphatic imine (C=N–C) groups is 1. The van der Waals surface area contributed by atoms with E-state index < -0.39 is 0 Å². The van der Waals surface area contributed by atoms with Crippen LogP contribution in [0.3, 0.4) is 0 Å². The Balaban J connectivity index is 0.00000144. The first-order valence-electron chi connectivity index (χ1n) is 5.67. The molecule has 2 rings (SSSR count). The second-order valence-electron chi connectivity index (χ2n) is 3.84. The highest BCUT2D eigenvalue weighted by Gasteiger charge is 2.22. The van der Waals surface area contributed by atoms with Crippen LogP contribution in [-0.4, -0.2) is 33.8 Å². The Morgan fingerprint density at radius 1 is 1.59 bits per heavy atom. The third-order valence-electron chi connectivity index (χ3n) is 2.55. The van der Waals surface area contributed by atoms with Gasteiger partial charge in [-0.25, -0.2) is 9.67 Å². The summed E-state index contributed by atoms with van der Waals surface area (Å²) in [7, 11) is 1.78. The summed E-state index contributed by atoms with van der Waals surface area (Å²) in [4.78, 5) is 8.35. The number of nitrogens with one attached hydrogen (secondary N) is 2. The molecule has 1 aromatic rings. The summed E-state index contributed by atoms with van der Waals surface area (Å²) in [5.74, 6) is 1.77. The van der Waals surface area contributed by atoms with Crippen molar-refractivity contribution in [3.63, 3.8) is 0 Å². The van der Waals surface area contributed by atoms with Gasteiger partial charge in [0.2, 0.25) is 0 Å². The zero-order valence-electron chi connectivity index (χ0n) is 10.2. The standard InChI is InChI=1S/C10H18N6.HI/c1-3-16-9(13-7-14-16)6-12-10(11-2)15-8-4-5-8;/h7-8H,3-6H2,1-2H3,(H2,11,12,15);1H. The van der Waals surface area contributed by atoms with Crippen LogP contribution in [0, 0.1) is 0 Å². The molecule has 1 aliphatic carbocycles. The zero-order valence-corrected chi connectivity index (χ0v) is 12.5. The molecule has 1 saturated carbocycles. The van der Waals surface area contributed by atoms with E-state index in [2.05, 4.69) is 32.6 Å². The lowest BCUT2D eigenvalue weighted by molar-refractivity contribution is 0.602. The Morgan fingerprint density at radius 3 is 2.94 bits per heavy atom. The highest BCUT2D eigenvalue weighted by atomic mass is 127. The van der Waals surface area contributed by atoms with E-state index in [-0.39, 0.29) is 24.0 Å². The molecule has 1 fully saturated rings. The Morgan fingerprint density at radius 2 is 2.35 bits per heavy atom. The predicted molar refractivity (Wildman–Crippen MR) is 77.5 cm³/mol. The molecule has 0 aromatic carbocycles. The van der Waals surface area contributed by atoms with Gasteiger partial charge in [-0.05, 0) is 19.8 Å². The van der Waals surface area contributed by atoms with Crippen molar-refractivity contribution in [1.82, 2.24) is 25.4 Å². The second kappa shape index (κ2) is 6.77. The highest BCUT2D eigenvalue weighted by molar-refractivity contribution is 14.0. The second-order valence-corrected chi connectivity index (χ2v) is 3.84. The minimum atomic E-state index is 0. The van der Waals surface area contributed by atoms with Gasteiger partial charge in [0.1, 0.15) is 12.2 Å². The summed E-state index contributed by atoms with van der Waals surface area (Å²) in [6, 6.07) is 0.607. The van der Waals surface area contributed by atoms with Crippen LogP contribution >= 0.6 is 24.0 Å². The number of rotatable bonds is 4. The Bertz CT molecular complexity index is 371. The maximum atomic E-state index is 4.19. The van der Waals surface area contributed by atoms with Crippen LogP contribution in [0.1, 0.15) is 25.6 Å². The summed E-state index contributed by atoms with van der Waals surface area (Å²) in [5, 5.41) is 10.7. The molecule has 1 aliphatic rings. The van der Waals surface area contributed by atoms with Crippen LogP contribution in [0.4, 0.5) is 0 Å². The summed E-state index contributed by atoms with van der Waals surface area (Å²) < 4.78 is 1.87. The van der Waals surface area contributed by atoms with Crippen molar-refractivity contribution in [2.75, 3.05) is 7.05 Å². The number of aryl methyl sites for hydroxylation is 1. The van der Waals surface area contributed by atoms with Gasteiger partial charge in [0.25, 0.3) is 0 Å². The molecule has 96 valence electrons. The number of aromatic nitrogens is 3. The van der Waals surface area contributed by atoms with Crippen molar-refractivity contribution in [2.24, 2.45) is 4.99 Å². The fourth-order valence-corrected chi connectivity index (χ4v) is 1.47. The average Bonchev–Trinajstić information content (AvgIpc) is 3.00. The van der Waals surface area contributed by atoms with Gasteiger partial charge >= 0.3 is 0 Å². The van der Waals surface area contributed by atoms with E-state index in [1.807, 2.05) is 4.68 Å². The van der Waals surface area contributed by atoms with Crippen molar-refractivity contribution in [2.45, 2.75) is 38.9 Å². The van der Waals surface area contributed by atoms with Crippen LogP contribution in [0.25, 0.3) is 0 Å². The molecule has 0 unspecified atom stereocenters. The van der Waals surface area contributed by atoms with Crippen LogP contribution in [0.2, 0.25) is 0 Å². The van der Waals surface area contributed by atoms with E-state index in [1.165, 1.54) is 12.8 Å². The van der Waals surface area contributed by atoms with Gasteiger partial charge in [0, 0.05) is 19.6 Å². The van der Waals surface area contributed by atoms with E-state index in [0.717, 1.165) is 18.3 Å². The van der Waals surface area contributed by atoms with E-state index in [4.69, 9.17) is 0 Å². The van der Waals surface area contributed by atoms with Crippen LogP contribution in [0.15, 0.2) is 11.3 Å². The molecule has 0 atom stereocenters. The topological polar surface area (TPSA) is 67.1 Å². The lowest BCUT2D eigenvalue weighted by Crippen LogP contribution is -2.38. The molecular formula is C10H19IN6. The van der Waals surface area contributed by atoms with Crippen LogP contribution in [0.5, 0.6) is 0 Å². The first kappa shape index (κ1) is 14.2. The molecule has 6 nitrogen and oxygen atoms in total. The molecule has 1 aromatic heterocycles. The van der Waals surface area contributed by atoms with Gasteiger partial charge in [0.05, 0.1) is 6.54 Å². The highest BCUT2D eigenvalue weighted by Crippen LogP contribution is 2.18. The molecule has 1 heterocycles. The van der Waals surface area contributed by atoms with E-state index in [1.54, 1.807) is 13.4 Å². The Hall–Kier alpha value is -0.860. The van der Waals surface area contributed by atoms with Crippen LogP contribution in [-0.2, 0) is 13.1 Å². The number of guanidine groups is 1. The quantitative estimate of drug-likeness (QED) is 0.478. The Labute approximate surface area is 118 Å². The summed E-state index contributed by atoms with van der Waals surface area (Å²) >= 11 is 0. The molecule has 2 N–H and O–H groups in total. The SMILES string of the molecule is CCn1ncnc1CNC(=NC)NC1CC1.I. The molecule has 0 bridgehead atoms. The summed E-state index contributed by atoms with van der Waals surface area (Å²) in [5.41, 5.74) is 0. The van der Waals surface area contributed by atoms with Gasteiger partial charge in [-0.15, -0.1) is 24.0 Å². The van der Waals surface area contributed by atoms with Crippen molar-refractivity contribution < 1.29 is 0 Å². The lowest BCUT2D eigenvalue weighted by Gasteiger charge is -2.10. The first-order valence-corrected chi connectivity index (χ1v) is 5.67. The summed E-state index contributed by atoms with van der Waals surface area (Å²) in [6.07, 6.45) is 4.06. The van der Waals surface area contributed by atoms with Crippen LogP contribution < -0.4 is 10.6 Å². The number of nitrogens with zero attached hydrogens (tertiary/aromatic N) is 4. The Kier molecular flexibility index (Phi) is 5.66. The molecule has 0 radical (unpaired) electrons. The van der Waals surface area contributed by atoms with Crippen molar-refractivity contribution in [1.29, 1.82) is 0 Å². The molecule has 0 aliphatic heterocycles. The van der Waals surface area contributed by atoms with Gasteiger partial charge in [0.15, 0.2) is 5.96 Å². The van der Waals surface area contributed by atoms with Gasteiger partial charge in [-0.3, -0.25) is 4.99 Å². The molecule has 0 saturated heterocycles. The molecular weight excluding hydrogens is 331 g/mol. The molecule has 17 heavy (non-hydrogen) atoms. The van der Waals surface area contributed by atoms with Gasteiger partial charge in [-0.1, -0.05) is 0 Å². The number of hydrogen-bond donors (Lipinski definition) is 2. The van der Waals surface area contributed by atoms with Gasteiger partial charge in [-0.2, -0.15) is 5.10 Å². The maximum Gasteiger partial charge on any atom is 0.191 e. The molecule has 7 heteroatoms. The van der Waals surface area contributed by atoms with E-state index >= 15 is 0 Å². The normalized spacial score (nSPS) is 15.3. The maximum absolute atomic E-state index is 4.19. The first-order chi connectivity index (χ1) is 7.83. The summed E-state index contributed by atoms with van der Waals surface area (Å²) in [6.45, 7) is 3.54. The van der Waals surface area contributed by atoms with Gasteiger partial charge < -0.3 is 10.6 Å². The monoisotopic (exact) mass is 350 g/mol. The van der Waals surface area contributed by atoms with E-state index in [0.29, 0.717) is 12.6 Å². The fourth-order valence-electron chi connectivity index (χ4n) is 1.47.